The van der Waals surface area contributed by atoms with Crippen molar-refractivity contribution in [3.8, 4) is 0 Å². The molecule has 1 nitrogen and oxygen atoms in total. The molecule has 11 heavy (non-hydrogen) atoms. The second kappa shape index (κ2) is 3.01. The third kappa shape index (κ3) is 2.69. The summed E-state index contributed by atoms with van der Waals surface area (Å²) in [5, 5.41) is 0. The molecule has 0 aromatic heterocycles. The average Bonchev–Trinajstić information content (AvgIpc) is 2.12. The van der Waals surface area contributed by atoms with Gasteiger partial charge in [0.25, 0.3) is 0 Å². The van der Waals surface area contributed by atoms with Crippen LogP contribution in [0.4, 0.5) is 13.2 Å². The molecule has 1 atom stereocenters. The van der Waals surface area contributed by atoms with Gasteiger partial charge in [-0.05, 0) is 12.8 Å². The van der Waals surface area contributed by atoms with E-state index in [0.717, 1.165) is 18.8 Å². The van der Waals surface area contributed by atoms with Gasteiger partial charge in [-0.1, -0.05) is 13.3 Å². The summed E-state index contributed by atoms with van der Waals surface area (Å²) in [5.74, 6) is 0.808. The Bertz CT molecular complexity index is 132. The third-order valence-corrected chi connectivity index (χ3v) is 1.86. The lowest BCUT2D eigenvalue weighted by Gasteiger charge is -2.17. The Labute approximate surface area is 63.5 Å². The molecule has 0 aromatic carbocycles. The van der Waals surface area contributed by atoms with E-state index in [-0.39, 0.29) is 0 Å². The van der Waals surface area contributed by atoms with Gasteiger partial charge in [-0.25, -0.2) is 0 Å². The van der Waals surface area contributed by atoms with Crippen LogP contribution >= 0.6 is 0 Å². The Morgan fingerprint density at radius 1 is 1.45 bits per heavy atom. The number of halogens is 3. The van der Waals surface area contributed by atoms with Crippen molar-refractivity contribution in [1.29, 1.82) is 0 Å². The van der Waals surface area contributed by atoms with E-state index >= 15 is 0 Å². The lowest BCUT2D eigenvalue weighted by atomic mass is 10.1. The van der Waals surface area contributed by atoms with Crippen LogP contribution in [0.15, 0.2) is 0 Å². The zero-order valence-electron chi connectivity index (χ0n) is 6.24. The van der Waals surface area contributed by atoms with Gasteiger partial charge in [0.15, 0.2) is 0 Å². The molecule has 0 bridgehead atoms. The predicted molar refractivity (Wildman–Crippen MR) is 33.7 cm³/mol. The minimum Gasteiger partial charge on any atom is -0.288 e. The number of ether oxygens (including phenoxy) is 1. The van der Waals surface area contributed by atoms with Crippen molar-refractivity contribution in [2.45, 2.75) is 38.7 Å². The Morgan fingerprint density at radius 3 is 2.45 bits per heavy atom. The standard InChI is InChI=1S/C7H10F3O/c1-5-3-2-4-6(5)11-7(8,9)10/h6H,2-4H2,1H3. The zero-order chi connectivity index (χ0) is 8.48. The molecule has 0 amide bonds. The molecule has 1 saturated carbocycles. The second-order valence-corrected chi connectivity index (χ2v) is 2.79. The first-order chi connectivity index (χ1) is 4.99. The molecule has 0 aromatic rings. The highest BCUT2D eigenvalue weighted by molar-refractivity contribution is 4.99. The summed E-state index contributed by atoms with van der Waals surface area (Å²) < 4.78 is 38.8. The molecule has 0 aliphatic heterocycles. The maximum Gasteiger partial charge on any atom is 0.522 e. The molecular weight excluding hydrogens is 157 g/mol. The molecule has 0 spiro atoms. The van der Waals surface area contributed by atoms with Crippen molar-refractivity contribution >= 4 is 0 Å². The van der Waals surface area contributed by atoms with Crippen molar-refractivity contribution in [3.05, 3.63) is 5.92 Å². The van der Waals surface area contributed by atoms with Crippen molar-refractivity contribution < 1.29 is 17.9 Å². The largest absolute Gasteiger partial charge is 0.522 e. The van der Waals surface area contributed by atoms with Gasteiger partial charge in [0.1, 0.15) is 0 Å². The fourth-order valence-electron chi connectivity index (χ4n) is 1.29. The topological polar surface area (TPSA) is 9.23 Å². The van der Waals surface area contributed by atoms with E-state index in [4.69, 9.17) is 0 Å². The summed E-state index contributed by atoms with van der Waals surface area (Å²) in [6, 6.07) is 0. The Morgan fingerprint density at radius 2 is 2.09 bits per heavy atom. The van der Waals surface area contributed by atoms with Crippen molar-refractivity contribution in [3.63, 3.8) is 0 Å². The lowest BCUT2D eigenvalue weighted by Crippen LogP contribution is -2.24. The lowest BCUT2D eigenvalue weighted by molar-refractivity contribution is -0.339. The summed E-state index contributed by atoms with van der Waals surface area (Å²) in [7, 11) is 0. The minimum absolute atomic E-state index is 0.505. The Kier molecular flexibility index (Phi) is 2.42. The molecule has 0 N–H and O–H groups in total. The van der Waals surface area contributed by atoms with Gasteiger partial charge >= 0.3 is 6.36 Å². The SMILES string of the molecule is C[C]1CCCC1OC(F)(F)F. The third-order valence-electron chi connectivity index (χ3n) is 1.86. The second-order valence-electron chi connectivity index (χ2n) is 2.79. The normalized spacial score (nSPS) is 27.8. The van der Waals surface area contributed by atoms with Gasteiger partial charge in [0.2, 0.25) is 0 Å². The first-order valence-electron chi connectivity index (χ1n) is 3.56. The quantitative estimate of drug-likeness (QED) is 0.583. The number of rotatable bonds is 1. The van der Waals surface area contributed by atoms with E-state index < -0.39 is 12.5 Å². The molecular formula is C7H10F3O. The maximum atomic E-state index is 11.6. The van der Waals surface area contributed by atoms with Crippen molar-refractivity contribution in [2.75, 3.05) is 0 Å². The van der Waals surface area contributed by atoms with Crippen LogP contribution in [-0.2, 0) is 4.74 Å². The molecule has 4 heteroatoms. The minimum atomic E-state index is -4.48. The fourth-order valence-corrected chi connectivity index (χ4v) is 1.29. The van der Waals surface area contributed by atoms with Crippen LogP contribution in [0.25, 0.3) is 0 Å². The summed E-state index contributed by atoms with van der Waals surface area (Å²) in [6.45, 7) is 1.71. The van der Waals surface area contributed by atoms with Gasteiger partial charge < -0.3 is 0 Å². The summed E-state index contributed by atoms with van der Waals surface area (Å²) in [5.41, 5.74) is 0. The summed E-state index contributed by atoms with van der Waals surface area (Å²) in [4.78, 5) is 0. The fraction of sp³-hybridized carbons (Fsp3) is 0.857. The van der Waals surface area contributed by atoms with Gasteiger partial charge in [0, 0.05) is 5.92 Å². The van der Waals surface area contributed by atoms with Crippen LogP contribution in [-0.4, -0.2) is 12.5 Å². The summed E-state index contributed by atoms with van der Waals surface area (Å²) in [6.07, 6.45) is -3.08. The first kappa shape index (κ1) is 8.84. The van der Waals surface area contributed by atoms with Gasteiger partial charge in [-0.3, -0.25) is 4.74 Å². The molecule has 1 radical (unpaired) electrons. The van der Waals surface area contributed by atoms with E-state index in [2.05, 4.69) is 4.74 Å². The van der Waals surface area contributed by atoms with Crippen molar-refractivity contribution in [2.24, 2.45) is 0 Å². The van der Waals surface area contributed by atoms with E-state index in [1.54, 1.807) is 6.92 Å². The van der Waals surface area contributed by atoms with Crippen LogP contribution in [0.5, 0.6) is 0 Å². The molecule has 1 aliphatic rings. The molecule has 0 saturated heterocycles. The Hall–Kier alpha value is -0.250. The van der Waals surface area contributed by atoms with E-state index in [1.807, 2.05) is 0 Å². The van der Waals surface area contributed by atoms with Gasteiger partial charge in [-0.2, -0.15) is 0 Å². The van der Waals surface area contributed by atoms with Crippen LogP contribution in [0, 0.1) is 5.92 Å². The van der Waals surface area contributed by atoms with Gasteiger partial charge in [-0.15, -0.1) is 13.2 Å². The van der Waals surface area contributed by atoms with Gasteiger partial charge in [0.05, 0.1) is 6.10 Å². The summed E-state index contributed by atoms with van der Waals surface area (Å²) >= 11 is 0. The smallest absolute Gasteiger partial charge is 0.288 e. The highest BCUT2D eigenvalue weighted by Crippen LogP contribution is 2.33. The Balaban J connectivity index is 2.37. The van der Waals surface area contributed by atoms with E-state index in [0.29, 0.717) is 6.42 Å². The molecule has 1 aliphatic carbocycles. The average molecular weight is 167 g/mol. The molecule has 0 heterocycles. The highest BCUT2D eigenvalue weighted by atomic mass is 19.4. The molecule has 1 fully saturated rings. The number of alkyl halides is 3. The monoisotopic (exact) mass is 167 g/mol. The zero-order valence-corrected chi connectivity index (χ0v) is 6.24. The van der Waals surface area contributed by atoms with Crippen LogP contribution < -0.4 is 0 Å². The first-order valence-corrected chi connectivity index (χ1v) is 3.56. The van der Waals surface area contributed by atoms with E-state index in [1.165, 1.54) is 0 Å². The number of hydrogen-bond acceptors (Lipinski definition) is 1. The predicted octanol–water partition coefficient (Wildman–Crippen LogP) is 2.67. The number of hydrogen-bond donors (Lipinski definition) is 0. The van der Waals surface area contributed by atoms with E-state index in [9.17, 15) is 13.2 Å². The van der Waals surface area contributed by atoms with Crippen LogP contribution in [0.2, 0.25) is 0 Å². The molecule has 1 unspecified atom stereocenters. The maximum absolute atomic E-state index is 11.6. The highest BCUT2D eigenvalue weighted by Gasteiger charge is 2.37. The van der Waals surface area contributed by atoms with Crippen LogP contribution in [0.3, 0.4) is 0 Å². The van der Waals surface area contributed by atoms with Crippen molar-refractivity contribution in [1.82, 2.24) is 0 Å². The van der Waals surface area contributed by atoms with Crippen LogP contribution in [0.1, 0.15) is 26.2 Å². The molecule has 1 rings (SSSR count). The molecule has 65 valence electrons.